The summed E-state index contributed by atoms with van der Waals surface area (Å²) >= 11 is 0. The first-order chi connectivity index (χ1) is 23.1. The van der Waals surface area contributed by atoms with E-state index in [2.05, 4.69) is 10.3 Å². The molecule has 1 aromatic heterocycles. The summed E-state index contributed by atoms with van der Waals surface area (Å²) in [5.41, 5.74) is 1.22. The van der Waals surface area contributed by atoms with Crippen molar-refractivity contribution >= 4 is 36.6 Å². The molecule has 0 bridgehead atoms. The molecule has 2 atom stereocenters. The Hall–Kier alpha value is -4.36. The second-order valence-electron chi connectivity index (χ2n) is 11.3. The fourth-order valence-electron chi connectivity index (χ4n) is 5.73. The standard InChI is InChI=1S/C33H41N6O8P/c1-4-46-48(44,47-5-2)26-13-11-23(12-14-26)29(32(41)37-17-19-38(20-18-37)33(42)43)36-31(40)27-21-28(39-16-15-25(22-39)45-3)35-30(34-27)24-9-7-6-8-10-24/h6-14,21,25,29H,4-5,15-20,22H2,1-3H3,(H,36,40)(H,42,43)/t25-,29?/m0/s1. The number of nitrogens with one attached hydrogen (secondary N) is 1. The van der Waals surface area contributed by atoms with Crippen molar-refractivity contribution < 1.29 is 37.8 Å². The lowest BCUT2D eigenvalue weighted by atomic mass is 10.0. The monoisotopic (exact) mass is 680 g/mol. The van der Waals surface area contributed by atoms with Crippen LogP contribution in [0.1, 0.15) is 42.4 Å². The molecule has 2 aromatic carbocycles. The fourth-order valence-corrected chi connectivity index (χ4v) is 7.29. The van der Waals surface area contributed by atoms with E-state index in [1.807, 2.05) is 35.2 Å². The van der Waals surface area contributed by atoms with Gasteiger partial charge in [0.05, 0.1) is 24.6 Å². The van der Waals surface area contributed by atoms with Gasteiger partial charge in [-0.05, 0) is 38.0 Å². The number of amides is 3. The van der Waals surface area contributed by atoms with Crippen LogP contribution in [0, 0.1) is 0 Å². The molecule has 0 spiro atoms. The van der Waals surface area contributed by atoms with Gasteiger partial charge < -0.3 is 38.9 Å². The van der Waals surface area contributed by atoms with Crippen molar-refractivity contribution in [3.63, 3.8) is 0 Å². The Morgan fingerprint density at radius 3 is 2.17 bits per heavy atom. The minimum Gasteiger partial charge on any atom is -0.465 e. The summed E-state index contributed by atoms with van der Waals surface area (Å²) in [6.07, 6.45) is -0.215. The number of piperazine rings is 1. The van der Waals surface area contributed by atoms with Crippen molar-refractivity contribution in [2.75, 3.05) is 64.5 Å². The van der Waals surface area contributed by atoms with E-state index in [-0.39, 0.29) is 51.2 Å². The molecule has 2 N–H and O–H groups in total. The number of aromatic nitrogens is 2. The van der Waals surface area contributed by atoms with Crippen LogP contribution in [-0.4, -0.2) is 108 Å². The predicted octanol–water partition coefficient (Wildman–Crippen LogP) is 3.55. The van der Waals surface area contributed by atoms with Crippen LogP contribution in [0.2, 0.25) is 0 Å². The van der Waals surface area contributed by atoms with Gasteiger partial charge in [0.15, 0.2) is 5.82 Å². The Morgan fingerprint density at radius 1 is 0.938 bits per heavy atom. The van der Waals surface area contributed by atoms with E-state index in [1.165, 1.54) is 9.80 Å². The zero-order valence-corrected chi connectivity index (χ0v) is 28.2. The largest absolute Gasteiger partial charge is 0.465 e. The van der Waals surface area contributed by atoms with Crippen LogP contribution in [0.25, 0.3) is 11.4 Å². The van der Waals surface area contributed by atoms with E-state index in [1.54, 1.807) is 51.3 Å². The maximum Gasteiger partial charge on any atom is 0.407 e. The number of nitrogens with zero attached hydrogens (tertiary/aromatic N) is 5. The Kier molecular flexibility index (Phi) is 11.4. The van der Waals surface area contributed by atoms with Crippen molar-refractivity contribution in [2.45, 2.75) is 32.4 Å². The van der Waals surface area contributed by atoms with Gasteiger partial charge >= 0.3 is 13.7 Å². The number of carbonyl (C=O) groups excluding carboxylic acids is 2. The van der Waals surface area contributed by atoms with Crippen LogP contribution in [-0.2, 0) is 23.1 Å². The molecule has 1 unspecified atom stereocenters. The second kappa shape index (κ2) is 15.7. The molecule has 2 saturated heterocycles. The minimum absolute atomic E-state index is 0.0322. The SMILES string of the molecule is CCOP(=O)(OCC)c1ccc(C(NC(=O)c2cc(N3CC[C@H](OC)C3)nc(-c3ccccc3)n2)C(=O)N2CCN(C(=O)O)CC2)cc1. The predicted molar refractivity (Wildman–Crippen MR) is 178 cm³/mol. The Balaban J connectivity index is 1.48. The highest BCUT2D eigenvalue weighted by atomic mass is 31.2. The van der Waals surface area contributed by atoms with Crippen molar-refractivity contribution in [1.82, 2.24) is 25.1 Å². The first kappa shape index (κ1) is 35.0. The molecule has 14 nitrogen and oxygen atoms in total. The lowest BCUT2D eigenvalue weighted by Gasteiger charge is -2.35. The van der Waals surface area contributed by atoms with Gasteiger partial charge in [0.1, 0.15) is 17.6 Å². The van der Waals surface area contributed by atoms with E-state index in [0.29, 0.717) is 35.6 Å². The van der Waals surface area contributed by atoms with E-state index in [0.717, 1.165) is 12.0 Å². The van der Waals surface area contributed by atoms with Crippen LogP contribution in [0.5, 0.6) is 0 Å². The third-order valence-electron chi connectivity index (χ3n) is 8.30. The lowest BCUT2D eigenvalue weighted by molar-refractivity contribution is -0.135. The van der Waals surface area contributed by atoms with Gasteiger partial charge in [-0.15, -0.1) is 0 Å². The maximum absolute atomic E-state index is 14.0. The fraction of sp³-hybridized carbons (Fsp3) is 0.424. The van der Waals surface area contributed by atoms with Crippen LogP contribution >= 0.6 is 7.60 Å². The van der Waals surface area contributed by atoms with Crippen molar-refractivity contribution in [2.24, 2.45) is 0 Å². The number of anilines is 1. The molecule has 3 aromatic rings. The molecule has 5 rings (SSSR count). The number of carbonyl (C=O) groups is 3. The summed E-state index contributed by atoms with van der Waals surface area (Å²) in [7, 11) is -1.93. The van der Waals surface area contributed by atoms with E-state index in [9.17, 15) is 24.1 Å². The summed E-state index contributed by atoms with van der Waals surface area (Å²) in [4.78, 5) is 53.7. The molecule has 15 heteroatoms. The van der Waals surface area contributed by atoms with E-state index >= 15 is 0 Å². The van der Waals surface area contributed by atoms with Gasteiger partial charge in [-0.25, -0.2) is 14.8 Å². The Labute approximate surface area is 279 Å². The van der Waals surface area contributed by atoms with Crippen molar-refractivity contribution in [3.05, 3.63) is 71.9 Å². The average molecular weight is 681 g/mol. The number of methoxy groups -OCH3 is 1. The minimum atomic E-state index is -3.60. The molecule has 0 aliphatic carbocycles. The summed E-state index contributed by atoms with van der Waals surface area (Å²) in [6, 6.07) is 16.1. The normalized spacial score (nSPS) is 17.3. The molecule has 2 aliphatic rings. The number of carboxylic acid groups (broad SMARTS) is 1. The number of ether oxygens (including phenoxy) is 1. The molecular weight excluding hydrogens is 639 g/mol. The van der Waals surface area contributed by atoms with Crippen molar-refractivity contribution in [1.29, 1.82) is 0 Å². The average Bonchev–Trinajstić information content (AvgIpc) is 3.60. The molecular formula is C33H41N6O8P. The molecule has 2 aliphatic heterocycles. The van der Waals surface area contributed by atoms with Crippen LogP contribution < -0.4 is 15.5 Å². The molecule has 256 valence electrons. The van der Waals surface area contributed by atoms with Gasteiger partial charge in [0.2, 0.25) is 5.91 Å². The van der Waals surface area contributed by atoms with Crippen LogP contribution in [0.4, 0.5) is 10.6 Å². The molecule has 0 radical (unpaired) electrons. The zero-order chi connectivity index (χ0) is 34.3. The number of benzene rings is 2. The summed E-state index contributed by atoms with van der Waals surface area (Å²) in [6.45, 7) is 5.67. The molecule has 3 heterocycles. The van der Waals surface area contributed by atoms with Crippen LogP contribution in [0.15, 0.2) is 60.7 Å². The molecule has 48 heavy (non-hydrogen) atoms. The van der Waals surface area contributed by atoms with Crippen LogP contribution in [0.3, 0.4) is 0 Å². The van der Waals surface area contributed by atoms with E-state index in [4.69, 9.17) is 18.8 Å². The van der Waals surface area contributed by atoms with Gasteiger partial charge in [-0.1, -0.05) is 42.5 Å². The lowest BCUT2D eigenvalue weighted by Crippen LogP contribution is -2.53. The highest BCUT2D eigenvalue weighted by Gasteiger charge is 2.33. The number of hydrogen-bond donors (Lipinski definition) is 2. The Morgan fingerprint density at radius 2 is 1.58 bits per heavy atom. The quantitative estimate of drug-likeness (QED) is 0.269. The van der Waals surface area contributed by atoms with E-state index < -0.39 is 31.5 Å². The topological polar surface area (TPSA) is 164 Å². The number of hydrogen-bond acceptors (Lipinski definition) is 10. The maximum atomic E-state index is 14.0. The smallest absolute Gasteiger partial charge is 0.407 e. The van der Waals surface area contributed by atoms with Gasteiger partial charge in [-0.2, -0.15) is 0 Å². The highest BCUT2D eigenvalue weighted by molar-refractivity contribution is 7.62. The highest BCUT2D eigenvalue weighted by Crippen LogP contribution is 2.46. The number of rotatable bonds is 12. The summed E-state index contributed by atoms with van der Waals surface area (Å²) in [5, 5.41) is 12.6. The first-order valence-corrected chi connectivity index (χ1v) is 17.5. The summed E-state index contributed by atoms with van der Waals surface area (Å²) in [5.74, 6) is -0.0925. The Bertz CT molecular complexity index is 1620. The second-order valence-corrected chi connectivity index (χ2v) is 13.3. The third-order valence-corrected chi connectivity index (χ3v) is 10.4. The van der Waals surface area contributed by atoms with Crippen molar-refractivity contribution in [3.8, 4) is 11.4 Å². The summed E-state index contributed by atoms with van der Waals surface area (Å²) < 4.78 is 29.9. The third kappa shape index (κ3) is 8.01. The van der Waals surface area contributed by atoms with Gasteiger partial charge in [0.25, 0.3) is 5.91 Å². The van der Waals surface area contributed by atoms with Gasteiger partial charge in [0, 0.05) is 58.0 Å². The van der Waals surface area contributed by atoms with Gasteiger partial charge in [-0.3, -0.25) is 14.2 Å². The first-order valence-electron chi connectivity index (χ1n) is 15.9. The zero-order valence-electron chi connectivity index (χ0n) is 27.3. The molecule has 2 fully saturated rings. The molecule has 3 amide bonds. The molecule has 0 saturated carbocycles.